The highest BCUT2D eigenvalue weighted by atomic mass is 35.5. The van der Waals surface area contributed by atoms with Crippen LogP contribution in [-0.4, -0.2) is 31.9 Å². The van der Waals surface area contributed by atoms with Crippen LogP contribution in [0.5, 0.6) is 0 Å². The summed E-state index contributed by atoms with van der Waals surface area (Å²) in [5, 5.41) is 0.585. The van der Waals surface area contributed by atoms with Crippen LogP contribution in [0.2, 0.25) is 5.02 Å². The summed E-state index contributed by atoms with van der Waals surface area (Å²) in [5.74, 6) is 0.0315. The second-order valence-corrected chi connectivity index (χ2v) is 7.09. The van der Waals surface area contributed by atoms with Gasteiger partial charge < -0.3 is 4.90 Å². The van der Waals surface area contributed by atoms with Crippen molar-refractivity contribution in [2.75, 3.05) is 16.4 Å². The first-order valence-electron chi connectivity index (χ1n) is 5.65. The van der Waals surface area contributed by atoms with E-state index in [0.717, 1.165) is 0 Å². The number of carbonyl (C=O) groups excluding carboxylic acids is 1. The first kappa shape index (κ1) is 13.4. The van der Waals surface area contributed by atoms with Crippen molar-refractivity contribution in [1.82, 2.24) is 0 Å². The van der Waals surface area contributed by atoms with Crippen LogP contribution in [0.4, 0.5) is 5.69 Å². The zero-order valence-corrected chi connectivity index (χ0v) is 11.5. The van der Waals surface area contributed by atoms with Gasteiger partial charge in [0.1, 0.15) is 0 Å². The Balaban J connectivity index is 2.30. The topological polar surface area (TPSA) is 54.5 Å². The lowest BCUT2D eigenvalue weighted by Crippen LogP contribution is -2.39. The minimum absolute atomic E-state index is 0.0369. The quantitative estimate of drug-likeness (QED) is 0.834. The van der Waals surface area contributed by atoms with Crippen molar-refractivity contribution in [2.45, 2.75) is 19.4 Å². The zero-order valence-electron chi connectivity index (χ0n) is 9.97. The van der Waals surface area contributed by atoms with Gasteiger partial charge in [0, 0.05) is 17.6 Å². The Labute approximate surface area is 111 Å². The number of nitrogens with zero attached hydrogens (tertiary/aromatic N) is 1. The molecular formula is C12H14ClNO3S. The van der Waals surface area contributed by atoms with E-state index < -0.39 is 9.84 Å². The molecule has 1 heterocycles. The molecule has 0 N–H and O–H groups in total. The van der Waals surface area contributed by atoms with E-state index >= 15 is 0 Å². The zero-order chi connectivity index (χ0) is 13.3. The summed E-state index contributed by atoms with van der Waals surface area (Å²) >= 11 is 5.80. The minimum Gasteiger partial charge on any atom is -0.309 e. The average Bonchev–Trinajstić information content (AvgIpc) is 2.61. The molecule has 1 saturated heterocycles. The number of halogens is 1. The molecule has 0 bridgehead atoms. The van der Waals surface area contributed by atoms with Gasteiger partial charge in [0.05, 0.1) is 17.5 Å². The largest absolute Gasteiger partial charge is 0.309 e. The first-order chi connectivity index (χ1) is 8.39. The molecule has 4 nitrogen and oxygen atoms in total. The Morgan fingerprint density at radius 1 is 1.33 bits per heavy atom. The van der Waals surface area contributed by atoms with Gasteiger partial charge >= 0.3 is 0 Å². The molecule has 1 amide bonds. The summed E-state index contributed by atoms with van der Waals surface area (Å²) in [4.78, 5) is 13.3. The van der Waals surface area contributed by atoms with Crippen LogP contribution < -0.4 is 4.90 Å². The Morgan fingerprint density at radius 3 is 2.39 bits per heavy atom. The van der Waals surface area contributed by atoms with Crippen LogP contribution in [-0.2, 0) is 14.6 Å². The molecule has 0 spiro atoms. The Bertz CT molecular complexity index is 553. The number of rotatable bonds is 2. The van der Waals surface area contributed by atoms with Gasteiger partial charge in [0.2, 0.25) is 5.91 Å². The van der Waals surface area contributed by atoms with Gasteiger partial charge in [-0.15, -0.1) is 0 Å². The lowest BCUT2D eigenvalue weighted by Gasteiger charge is -2.27. The maximum absolute atomic E-state index is 11.7. The summed E-state index contributed by atoms with van der Waals surface area (Å²) in [6.45, 7) is 1.44. The molecule has 98 valence electrons. The molecule has 1 aromatic rings. The second-order valence-electron chi connectivity index (χ2n) is 4.42. The van der Waals surface area contributed by atoms with Crippen molar-refractivity contribution in [3.8, 4) is 0 Å². The van der Waals surface area contributed by atoms with Crippen LogP contribution in [0.3, 0.4) is 0 Å². The number of sulfone groups is 1. The van der Waals surface area contributed by atoms with Gasteiger partial charge in [-0.25, -0.2) is 8.42 Å². The van der Waals surface area contributed by atoms with Crippen molar-refractivity contribution in [3.63, 3.8) is 0 Å². The number of hydrogen-bond acceptors (Lipinski definition) is 3. The van der Waals surface area contributed by atoms with Crippen molar-refractivity contribution >= 4 is 33.0 Å². The number of benzene rings is 1. The minimum atomic E-state index is -3.01. The summed E-state index contributed by atoms with van der Waals surface area (Å²) in [5.41, 5.74) is 0.689. The lowest BCUT2D eigenvalue weighted by atomic mass is 10.2. The normalized spacial score (nSPS) is 21.8. The third-order valence-electron chi connectivity index (χ3n) is 3.02. The standard InChI is InChI=1S/C12H14ClNO3S/c1-9(15)14(11-4-2-10(13)3-5-11)12-6-7-18(16,17)8-12/h2-5,12H,6-8H2,1H3/t12-/m0/s1. The van der Waals surface area contributed by atoms with Crippen LogP contribution in [0.1, 0.15) is 13.3 Å². The summed E-state index contributed by atoms with van der Waals surface area (Å²) < 4.78 is 23.0. The van der Waals surface area contributed by atoms with E-state index in [2.05, 4.69) is 0 Å². The fraction of sp³-hybridized carbons (Fsp3) is 0.417. The first-order valence-corrected chi connectivity index (χ1v) is 7.85. The van der Waals surface area contributed by atoms with Crippen molar-refractivity contribution in [1.29, 1.82) is 0 Å². The highest BCUT2D eigenvalue weighted by Gasteiger charge is 2.34. The third kappa shape index (κ3) is 2.84. The lowest BCUT2D eigenvalue weighted by molar-refractivity contribution is -0.116. The molecule has 0 aromatic heterocycles. The molecule has 1 aliphatic rings. The fourth-order valence-corrected chi connectivity index (χ4v) is 4.06. The van der Waals surface area contributed by atoms with Gasteiger partial charge in [-0.1, -0.05) is 11.6 Å². The Hall–Kier alpha value is -1.07. The number of amides is 1. The maximum Gasteiger partial charge on any atom is 0.224 e. The van der Waals surface area contributed by atoms with Crippen LogP contribution in [0.15, 0.2) is 24.3 Å². The third-order valence-corrected chi connectivity index (χ3v) is 5.02. The number of carbonyl (C=O) groups is 1. The van der Waals surface area contributed by atoms with E-state index in [1.165, 1.54) is 6.92 Å². The molecule has 1 fully saturated rings. The molecule has 0 saturated carbocycles. The fourth-order valence-electron chi connectivity index (χ4n) is 2.23. The molecule has 1 atom stereocenters. The predicted octanol–water partition coefficient (Wildman–Crippen LogP) is 1.88. The second kappa shape index (κ2) is 4.90. The van der Waals surface area contributed by atoms with Crippen molar-refractivity contribution in [2.24, 2.45) is 0 Å². The smallest absolute Gasteiger partial charge is 0.224 e. The monoisotopic (exact) mass is 287 g/mol. The highest BCUT2D eigenvalue weighted by molar-refractivity contribution is 7.91. The summed E-state index contributed by atoms with van der Waals surface area (Å²) in [6, 6.07) is 6.57. The van der Waals surface area contributed by atoms with Gasteiger partial charge in [0.25, 0.3) is 0 Å². The molecule has 1 aliphatic heterocycles. The van der Waals surface area contributed by atoms with Crippen LogP contribution in [0, 0.1) is 0 Å². The molecule has 1 aromatic carbocycles. The average molecular weight is 288 g/mol. The van der Waals surface area contributed by atoms with Gasteiger partial charge in [-0.3, -0.25) is 4.79 Å². The van der Waals surface area contributed by atoms with Crippen LogP contribution >= 0.6 is 11.6 Å². The predicted molar refractivity (Wildman–Crippen MR) is 71.7 cm³/mol. The maximum atomic E-state index is 11.7. The molecule has 0 unspecified atom stereocenters. The van der Waals surface area contributed by atoms with E-state index in [-0.39, 0.29) is 23.5 Å². The van der Waals surface area contributed by atoms with E-state index in [4.69, 9.17) is 11.6 Å². The summed E-state index contributed by atoms with van der Waals surface area (Å²) in [7, 11) is -3.01. The molecule has 0 aliphatic carbocycles. The Kier molecular flexibility index (Phi) is 3.64. The van der Waals surface area contributed by atoms with Crippen LogP contribution in [0.25, 0.3) is 0 Å². The molecule has 18 heavy (non-hydrogen) atoms. The van der Waals surface area contributed by atoms with Crippen molar-refractivity contribution in [3.05, 3.63) is 29.3 Å². The van der Waals surface area contributed by atoms with Gasteiger partial charge in [-0.05, 0) is 30.7 Å². The van der Waals surface area contributed by atoms with Gasteiger partial charge in [-0.2, -0.15) is 0 Å². The number of anilines is 1. The number of hydrogen-bond donors (Lipinski definition) is 0. The van der Waals surface area contributed by atoms with E-state index in [0.29, 0.717) is 17.1 Å². The summed E-state index contributed by atoms with van der Waals surface area (Å²) in [6.07, 6.45) is 0.491. The van der Waals surface area contributed by atoms with E-state index in [1.54, 1.807) is 29.2 Å². The van der Waals surface area contributed by atoms with Gasteiger partial charge in [0.15, 0.2) is 9.84 Å². The highest BCUT2D eigenvalue weighted by Crippen LogP contribution is 2.25. The SMILES string of the molecule is CC(=O)N(c1ccc(Cl)cc1)[C@H]1CCS(=O)(=O)C1. The van der Waals surface area contributed by atoms with E-state index in [9.17, 15) is 13.2 Å². The molecule has 2 rings (SSSR count). The molecular weight excluding hydrogens is 274 g/mol. The molecule has 0 radical (unpaired) electrons. The van der Waals surface area contributed by atoms with Crippen molar-refractivity contribution < 1.29 is 13.2 Å². The molecule has 6 heteroatoms. The van der Waals surface area contributed by atoms with E-state index in [1.807, 2.05) is 0 Å². The Morgan fingerprint density at radius 2 is 1.94 bits per heavy atom.